The zero-order valence-electron chi connectivity index (χ0n) is 9.13. The quantitative estimate of drug-likeness (QED) is 0.781. The lowest BCUT2D eigenvalue weighted by molar-refractivity contribution is -0.178. The molecule has 0 amide bonds. The van der Waals surface area contributed by atoms with Crippen molar-refractivity contribution < 1.29 is 9.47 Å². The van der Waals surface area contributed by atoms with Crippen LogP contribution in [0.15, 0.2) is 30.3 Å². The molecule has 2 atom stereocenters. The Labute approximate surface area is 95.6 Å². The molecule has 0 N–H and O–H groups in total. The van der Waals surface area contributed by atoms with Crippen molar-refractivity contribution in [1.29, 1.82) is 5.26 Å². The zero-order valence-corrected chi connectivity index (χ0v) is 9.13. The van der Waals surface area contributed by atoms with Gasteiger partial charge in [-0.15, -0.1) is 0 Å². The molecule has 1 aromatic rings. The molecule has 1 saturated heterocycles. The summed E-state index contributed by atoms with van der Waals surface area (Å²) in [6, 6.07) is 11.7. The van der Waals surface area contributed by atoms with Crippen LogP contribution in [-0.4, -0.2) is 12.9 Å². The highest BCUT2D eigenvalue weighted by Gasteiger charge is 2.20. The van der Waals surface area contributed by atoms with E-state index in [1.807, 2.05) is 30.3 Å². The Balaban J connectivity index is 1.98. The van der Waals surface area contributed by atoms with Crippen molar-refractivity contribution in [3.63, 3.8) is 0 Å². The van der Waals surface area contributed by atoms with E-state index in [2.05, 4.69) is 6.07 Å². The van der Waals surface area contributed by atoms with Crippen molar-refractivity contribution in [2.45, 2.75) is 31.7 Å². The second-order valence-electron chi connectivity index (χ2n) is 3.85. The smallest absolute Gasteiger partial charge is 0.172 e. The average Bonchev–Trinajstić information content (AvgIpc) is 2.38. The van der Waals surface area contributed by atoms with Crippen LogP contribution in [0.25, 0.3) is 0 Å². The molecule has 0 saturated carbocycles. The summed E-state index contributed by atoms with van der Waals surface area (Å²) < 4.78 is 11.1. The van der Waals surface area contributed by atoms with Crippen molar-refractivity contribution in [2.75, 3.05) is 6.61 Å². The largest absolute Gasteiger partial charge is 0.353 e. The summed E-state index contributed by atoms with van der Waals surface area (Å²) in [5.41, 5.74) is 0.888. The molecule has 0 aromatic heterocycles. The number of rotatable bonds is 3. The van der Waals surface area contributed by atoms with Gasteiger partial charge >= 0.3 is 0 Å². The lowest BCUT2D eigenvalue weighted by Crippen LogP contribution is -2.24. The van der Waals surface area contributed by atoms with E-state index in [0.29, 0.717) is 0 Å². The van der Waals surface area contributed by atoms with Gasteiger partial charge in [-0.2, -0.15) is 5.26 Å². The number of ether oxygens (including phenoxy) is 2. The molecule has 1 heterocycles. The fourth-order valence-electron chi connectivity index (χ4n) is 1.78. The third-order valence-corrected chi connectivity index (χ3v) is 2.65. The van der Waals surface area contributed by atoms with Gasteiger partial charge in [0.05, 0.1) is 6.07 Å². The van der Waals surface area contributed by atoms with Gasteiger partial charge < -0.3 is 9.47 Å². The molecular formula is C13H15NO2. The number of hydrogen-bond acceptors (Lipinski definition) is 3. The summed E-state index contributed by atoms with van der Waals surface area (Å²) in [6.07, 6.45) is 2.33. The van der Waals surface area contributed by atoms with Crippen LogP contribution in [0.3, 0.4) is 0 Å². The molecule has 1 aliphatic heterocycles. The van der Waals surface area contributed by atoms with Crippen LogP contribution in [0.1, 0.15) is 30.9 Å². The topological polar surface area (TPSA) is 42.2 Å². The zero-order chi connectivity index (χ0) is 11.2. The summed E-state index contributed by atoms with van der Waals surface area (Å²) in [4.78, 5) is 0. The van der Waals surface area contributed by atoms with Crippen molar-refractivity contribution >= 4 is 0 Å². The Morgan fingerprint density at radius 1 is 1.31 bits per heavy atom. The lowest BCUT2D eigenvalue weighted by Gasteiger charge is -2.24. The Morgan fingerprint density at radius 3 is 2.75 bits per heavy atom. The molecule has 2 rings (SSSR count). The summed E-state index contributed by atoms with van der Waals surface area (Å²) in [6.45, 7) is 0.734. The minimum absolute atomic E-state index is 0.224. The Bertz CT molecular complexity index is 352. The number of nitrogens with zero attached hydrogens (tertiary/aromatic N) is 1. The normalized spacial score (nSPS) is 22.3. The van der Waals surface area contributed by atoms with Crippen LogP contribution in [0, 0.1) is 11.3 Å². The number of benzene rings is 1. The predicted molar refractivity (Wildman–Crippen MR) is 59.5 cm³/mol. The molecule has 3 heteroatoms. The van der Waals surface area contributed by atoms with Crippen LogP contribution in [0.4, 0.5) is 0 Å². The van der Waals surface area contributed by atoms with Gasteiger partial charge in [0.15, 0.2) is 12.4 Å². The first kappa shape index (κ1) is 11.1. The van der Waals surface area contributed by atoms with Gasteiger partial charge in [0.25, 0.3) is 0 Å². The minimum atomic E-state index is -0.524. The highest BCUT2D eigenvalue weighted by molar-refractivity contribution is 5.21. The summed E-state index contributed by atoms with van der Waals surface area (Å²) in [5, 5.41) is 9.08. The third-order valence-electron chi connectivity index (χ3n) is 2.65. The van der Waals surface area contributed by atoms with E-state index in [4.69, 9.17) is 14.7 Å². The first-order valence-corrected chi connectivity index (χ1v) is 5.62. The van der Waals surface area contributed by atoms with E-state index >= 15 is 0 Å². The van der Waals surface area contributed by atoms with Gasteiger partial charge in [0, 0.05) is 6.61 Å². The van der Waals surface area contributed by atoms with Crippen LogP contribution in [-0.2, 0) is 9.47 Å². The van der Waals surface area contributed by atoms with E-state index in [1.54, 1.807) is 0 Å². The van der Waals surface area contributed by atoms with E-state index < -0.39 is 6.10 Å². The predicted octanol–water partition coefficient (Wildman–Crippen LogP) is 2.79. The summed E-state index contributed by atoms with van der Waals surface area (Å²) in [5.74, 6) is 0. The maximum atomic E-state index is 9.08. The number of nitriles is 1. The molecule has 0 bridgehead atoms. The van der Waals surface area contributed by atoms with Crippen LogP contribution in [0.5, 0.6) is 0 Å². The summed E-state index contributed by atoms with van der Waals surface area (Å²) >= 11 is 0. The molecule has 84 valence electrons. The molecule has 1 aromatic carbocycles. The average molecular weight is 217 g/mol. The molecule has 16 heavy (non-hydrogen) atoms. The number of hydrogen-bond donors (Lipinski definition) is 0. The van der Waals surface area contributed by atoms with Gasteiger partial charge in [-0.25, -0.2) is 0 Å². The molecular weight excluding hydrogens is 202 g/mol. The second-order valence-corrected chi connectivity index (χ2v) is 3.85. The highest BCUT2D eigenvalue weighted by Crippen LogP contribution is 2.23. The fourth-order valence-corrected chi connectivity index (χ4v) is 1.78. The van der Waals surface area contributed by atoms with E-state index in [9.17, 15) is 0 Å². The van der Waals surface area contributed by atoms with E-state index in [1.165, 1.54) is 0 Å². The molecule has 0 spiro atoms. The maximum Gasteiger partial charge on any atom is 0.172 e. The molecule has 0 aliphatic carbocycles. The maximum absolute atomic E-state index is 9.08. The Morgan fingerprint density at radius 2 is 2.12 bits per heavy atom. The molecule has 1 unspecified atom stereocenters. The Kier molecular flexibility index (Phi) is 3.92. The van der Waals surface area contributed by atoms with Gasteiger partial charge in [-0.05, 0) is 24.8 Å². The fraction of sp³-hybridized carbons (Fsp3) is 0.462. The van der Waals surface area contributed by atoms with Gasteiger partial charge in [-0.3, -0.25) is 0 Å². The molecule has 1 aliphatic rings. The van der Waals surface area contributed by atoms with E-state index in [-0.39, 0.29) is 6.29 Å². The highest BCUT2D eigenvalue weighted by atomic mass is 16.7. The summed E-state index contributed by atoms with van der Waals surface area (Å²) in [7, 11) is 0. The van der Waals surface area contributed by atoms with Crippen molar-refractivity contribution in [3.8, 4) is 6.07 Å². The SMILES string of the molecule is N#C[C@H](OC1CCCCO1)c1ccccc1. The van der Waals surface area contributed by atoms with E-state index in [0.717, 1.165) is 31.4 Å². The molecule has 0 radical (unpaired) electrons. The third kappa shape index (κ3) is 2.82. The molecule has 3 nitrogen and oxygen atoms in total. The standard InChI is InChI=1S/C13H15NO2/c14-10-12(11-6-2-1-3-7-11)16-13-8-4-5-9-15-13/h1-3,6-7,12-13H,4-5,8-9H2/t12-,13?/m0/s1. The van der Waals surface area contributed by atoms with Crippen LogP contribution >= 0.6 is 0 Å². The molecule has 1 fully saturated rings. The second kappa shape index (κ2) is 5.64. The monoisotopic (exact) mass is 217 g/mol. The van der Waals surface area contributed by atoms with Crippen molar-refractivity contribution in [3.05, 3.63) is 35.9 Å². The van der Waals surface area contributed by atoms with Gasteiger partial charge in [0.2, 0.25) is 0 Å². The first-order valence-electron chi connectivity index (χ1n) is 5.62. The van der Waals surface area contributed by atoms with Gasteiger partial charge in [-0.1, -0.05) is 30.3 Å². The van der Waals surface area contributed by atoms with Crippen LogP contribution < -0.4 is 0 Å². The van der Waals surface area contributed by atoms with Gasteiger partial charge in [0.1, 0.15) is 0 Å². The van der Waals surface area contributed by atoms with Crippen LogP contribution in [0.2, 0.25) is 0 Å². The Hall–Kier alpha value is -1.37. The first-order chi connectivity index (χ1) is 7.90. The van der Waals surface area contributed by atoms with Crippen molar-refractivity contribution in [2.24, 2.45) is 0 Å². The minimum Gasteiger partial charge on any atom is -0.353 e. The lowest BCUT2D eigenvalue weighted by atomic mass is 10.1. The van der Waals surface area contributed by atoms with Crippen molar-refractivity contribution in [1.82, 2.24) is 0 Å².